The summed E-state index contributed by atoms with van der Waals surface area (Å²) in [6.07, 6.45) is -0.662. The Morgan fingerprint density at radius 1 is 0.912 bits per heavy atom. The van der Waals surface area contributed by atoms with Gasteiger partial charge in [-0.2, -0.15) is 0 Å². The number of nitrogens with one attached hydrogen (secondary N) is 1. The van der Waals surface area contributed by atoms with Gasteiger partial charge in [0.2, 0.25) is 0 Å². The van der Waals surface area contributed by atoms with Gasteiger partial charge in [-0.25, -0.2) is 0 Å². The number of benzene rings is 4. The number of anilines is 2. The van der Waals surface area contributed by atoms with Gasteiger partial charge in [0.15, 0.2) is 6.10 Å². The van der Waals surface area contributed by atoms with Gasteiger partial charge in [0.25, 0.3) is 11.8 Å². The second-order valence-corrected chi connectivity index (χ2v) is 8.19. The number of hydrogen-bond donors (Lipinski definition) is 1. The van der Waals surface area contributed by atoms with E-state index in [1.165, 1.54) is 0 Å². The van der Waals surface area contributed by atoms with E-state index in [0.29, 0.717) is 23.5 Å². The quantitative estimate of drug-likeness (QED) is 0.362. The average molecular weight is 453 g/mol. The molecular weight excluding hydrogens is 424 g/mol. The zero-order valence-corrected chi connectivity index (χ0v) is 19.6. The van der Waals surface area contributed by atoms with Gasteiger partial charge in [-0.3, -0.25) is 9.59 Å². The Bertz CT molecular complexity index is 1310. The molecule has 0 saturated heterocycles. The van der Waals surface area contributed by atoms with E-state index in [9.17, 15) is 9.59 Å². The number of fused-ring (bicyclic) bond motifs is 1. The molecule has 5 nitrogen and oxygen atoms in total. The lowest BCUT2D eigenvalue weighted by atomic mass is 10.1. The first kappa shape index (κ1) is 23.1. The standard InChI is InChI=1S/C29H28N2O3/c1-4-31(27-14-8-11-22-10-5-6-13-26(22)27)29(33)23-15-17-24(18-16-23)30-28(32)21(3)34-25-12-7-9-20(2)19-25/h5-19,21H,4H2,1-3H3,(H,30,32). The number of amides is 2. The van der Waals surface area contributed by atoms with Gasteiger partial charge >= 0.3 is 0 Å². The largest absolute Gasteiger partial charge is 0.481 e. The number of rotatable bonds is 7. The molecule has 0 aliphatic rings. The maximum Gasteiger partial charge on any atom is 0.265 e. The molecular formula is C29H28N2O3. The molecule has 0 spiro atoms. The highest BCUT2D eigenvalue weighted by molar-refractivity contribution is 6.11. The van der Waals surface area contributed by atoms with Crippen molar-refractivity contribution in [2.24, 2.45) is 0 Å². The molecule has 5 heteroatoms. The lowest BCUT2D eigenvalue weighted by molar-refractivity contribution is -0.122. The van der Waals surface area contributed by atoms with E-state index < -0.39 is 6.10 Å². The zero-order chi connectivity index (χ0) is 24.1. The first-order valence-electron chi connectivity index (χ1n) is 11.4. The van der Waals surface area contributed by atoms with Crippen molar-refractivity contribution < 1.29 is 14.3 Å². The summed E-state index contributed by atoms with van der Waals surface area (Å²) in [6.45, 7) is 6.18. The van der Waals surface area contributed by atoms with Crippen molar-refractivity contribution in [3.8, 4) is 5.75 Å². The summed E-state index contributed by atoms with van der Waals surface area (Å²) >= 11 is 0. The Morgan fingerprint density at radius 3 is 2.35 bits per heavy atom. The monoisotopic (exact) mass is 452 g/mol. The van der Waals surface area contributed by atoms with Crippen LogP contribution in [0.1, 0.15) is 29.8 Å². The Labute approximate surface area is 200 Å². The molecule has 1 N–H and O–H groups in total. The second-order valence-electron chi connectivity index (χ2n) is 8.19. The van der Waals surface area contributed by atoms with Crippen molar-refractivity contribution in [1.82, 2.24) is 0 Å². The number of carbonyl (C=O) groups is 2. The number of ether oxygens (including phenoxy) is 1. The van der Waals surface area contributed by atoms with Gasteiger partial charge < -0.3 is 15.0 Å². The van der Waals surface area contributed by atoms with E-state index in [-0.39, 0.29) is 11.8 Å². The summed E-state index contributed by atoms with van der Waals surface area (Å²) in [5.41, 5.74) is 3.10. The molecule has 172 valence electrons. The van der Waals surface area contributed by atoms with Crippen LogP contribution in [0.15, 0.2) is 91.0 Å². The maximum absolute atomic E-state index is 13.3. The van der Waals surface area contributed by atoms with Crippen LogP contribution in [0.5, 0.6) is 5.75 Å². The van der Waals surface area contributed by atoms with Crippen molar-refractivity contribution >= 4 is 34.0 Å². The molecule has 0 saturated carbocycles. The van der Waals surface area contributed by atoms with Crippen molar-refractivity contribution in [3.05, 3.63) is 102 Å². The summed E-state index contributed by atoms with van der Waals surface area (Å²) in [6, 6.07) is 28.5. The van der Waals surface area contributed by atoms with Crippen LogP contribution in [0, 0.1) is 6.92 Å². The van der Waals surface area contributed by atoms with E-state index in [4.69, 9.17) is 4.74 Å². The highest BCUT2D eigenvalue weighted by Crippen LogP contribution is 2.28. The molecule has 0 fully saturated rings. The van der Waals surface area contributed by atoms with Crippen LogP contribution in [0.25, 0.3) is 10.8 Å². The molecule has 4 rings (SSSR count). The van der Waals surface area contributed by atoms with Gasteiger partial charge in [0.05, 0.1) is 5.69 Å². The van der Waals surface area contributed by atoms with E-state index in [2.05, 4.69) is 5.32 Å². The van der Waals surface area contributed by atoms with Gasteiger partial charge in [0.1, 0.15) is 5.75 Å². The number of hydrogen-bond acceptors (Lipinski definition) is 3. The fraction of sp³-hybridized carbons (Fsp3) is 0.172. The highest BCUT2D eigenvalue weighted by atomic mass is 16.5. The SMILES string of the molecule is CCN(C(=O)c1ccc(NC(=O)C(C)Oc2cccc(C)c2)cc1)c1cccc2ccccc12. The summed E-state index contributed by atoms with van der Waals surface area (Å²) < 4.78 is 5.75. The minimum absolute atomic E-state index is 0.0899. The molecule has 0 aromatic heterocycles. The Hall–Kier alpha value is -4.12. The van der Waals surface area contributed by atoms with E-state index in [1.807, 2.05) is 80.6 Å². The average Bonchev–Trinajstić information content (AvgIpc) is 2.85. The molecule has 0 aliphatic carbocycles. The fourth-order valence-corrected chi connectivity index (χ4v) is 3.91. The number of nitrogens with zero attached hydrogens (tertiary/aromatic N) is 1. The molecule has 0 aliphatic heterocycles. The molecule has 0 heterocycles. The summed E-state index contributed by atoms with van der Waals surface area (Å²) in [5.74, 6) is 0.302. The molecule has 0 radical (unpaired) electrons. The van der Waals surface area contributed by atoms with Crippen LogP contribution in [-0.2, 0) is 4.79 Å². The molecule has 34 heavy (non-hydrogen) atoms. The van der Waals surface area contributed by atoms with Gasteiger partial charge in [-0.1, -0.05) is 48.5 Å². The van der Waals surface area contributed by atoms with Crippen LogP contribution in [0.4, 0.5) is 11.4 Å². The third-order valence-corrected chi connectivity index (χ3v) is 5.69. The lowest BCUT2D eigenvalue weighted by Gasteiger charge is -2.23. The van der Waals surface area contributed by atoms with E-state index in [0.717, 1.165) is 22.0 Å². The van der Waals surface area contributed by atoms with Gasteiger partial charge in [0, 0.05) is 23.2 Å². The minimum atomic E-state index is -0.662. The minimum Gasteiger partial charge on any atom is -0.481 e. The highest BCUT2D eigenvalue weighted by Gasteiger charge is 2.19. The van der Waals surface area contributed by atoms with Gasteiger partial charge in [-0.05, 0) is 74.2 Å². The third-order valence-electron chi connectivity index (χ3n) is 5.69. The van der Waals surface area contributed by atoms with Crippen molar-refractivity contribution in [2.75, 3.05) is 16.8 Å². The normalized spacial score (nSPS) is 11.6. The summed E-state index contributed by atoms with van der Waals surface area (Å²) in [7, 11) is 0. The van der Waals surface area contributed by atoms with Crippen molar-refractivity contribution in [3.63, 3.8) is 0 Å². The molecule has 1 atom stereocenters. The molecule has 0 bridgehead atoms. The number of carbonyl (C=O) groups excluding carboxylic acids is 2. The molecule has 2 amide bonds. The first-order chi connectivity index (χ1) is 16.5. The molecule has 1 unspecified atom stereocenters. The Morgan fingerprint density at radius 2 is 1.62 bits per heavy atom. The fourth-order valence-electron chi connectivity index (χ4n) is 3.91. The smallest absolute Gasteiger partial charge is 0.265 e. The van der Waals surface area contributed by atoms with Crippen molar-refractivity contribution in [2.45, 2.75) is 26.9 Å². The molecule has 4 aromatic carbocycles. The van der Waals surface area contributed by atoms with Crippen LogP contribution in [-0.4, -0.2) is 24.5 Å². The summed E-state index contributed by atoms with van der Waals surface area (Å²) in [4.78, 5) is 27.7. The van der Waals surface area contributed by atoms with E-state index in [1.54, 1.807) is 36.1 Å². The van der Waals surface area contributed by atoms with Crippen LogP contribution in [0.3, 0.4) is 0 Å². The summed E-state index contributed by atoms with van der Waals surface area (Å²) in [5, 5.41) is 4.98. The topological polar surface area (TPSA) is 58.6 Å². The van der Waals surface area contributed by atoms with Gasteiger partial charge in [-0.15, -0.1) is 0 Å². The van der Waals surface area contributed by atoms with Crippen molar-refractivity contribution in [1.29, 1.82) is 0 Å². The van der Waals surface area contributed by atoms with E-state index >= 15 is 0 Å². The lowest BCUT2D eigenvalue weighted by Crippen LogP contribution is -2.31. The predicted octanol–water partition coefficient (Wildman–Crippen LogP) is 6.22. The Kier molecular flexibility index (Phi) is 6.93. The van der Waals surface area contributed by atoms with Crippen LogP contribution < -0.4 is 15.0 Å². The predicted molar refractivity (Wildman–Crippen MR) is 138 cm³/mol. The zero-order valence-electron chi connectivity index (χ0n) is 19.6. The number of aryl methyl sites for hydroxylation is 1. The third kappa shape index (κ3) is 5.09. The Balaban J connectivity index is 1.46. The maximum atomic E-state index is 13.3. The second kappa shape index (κ2) is 10.2. The van der Waals surface area contributed by atoms with Crippen LogP contribution in [0.2, 0.25) is 0 Å². The first-order valence-corrected chi connectivity index (χ1v) is 11.4. The molecule has 4 aromatic rings. The van der Waals surface area contributed by atoms with Crippen LogP contribution >= 0.6 is 0 Å².